The molecule has 6 heteroatoms. The first-order valence-corrected chi connectivity index (χ1v) is 5.52. The Morgan fingerprint density at radius 2 is 2.19 bits per heavy atom. The molecule has 2 rings (SSSR count). The molecule has 1 atom stereocenters. The second kappa shape index (κ2) is 4.51. The van der Waals surface area contributed by atoms with Gasteiger partial charge < -0.3 is 14.7 Å². The van der Waals surface area contributed by atoms with E-state index >= 15 is 0 Å². The molecule has 1 saturated heterocycles. The van der Waals surface area contributed by atoms with E-state index in [2.05, 4.69) is 15.5 Å². The summed E-state index contributed by atoms with van der Waals surface area (Å²) in [7, 11) is 0. The fourth-order valence-electron chi connectivity index (χ4n) is 1.75. The van der Waals surface area contributed by atoms with Crippen LogP contribution < -0.4 is 5.32 Å². The van der Waals surface area contributed by atoms with Crippen molar-refractivity contribution in [2.24, 2.45) is 0 Å². The van der Waals surface area contributed by atoms with E-state index in [0.717, 1.165) is 25.9 Å². The van der Waals surface area contributed by atoms with Crippen molar-refractivity contribution in [2.75, 3.05) is 13.1 Å². The van der Waals surface area contributed by atoms with Gasteiger partial charge >= 0.3 is 6.03 Å². The maximum Gasteiger partial charge on any atom is 0.318 e. The van der Waals surface area contributed by atoms with Gasteiger partial charge in [-0.1, -0.05) is 5.16 Å². The van der Waals surface area contributed by atoms with E-state index in [1.807, 2.05) is 6.92 Å². The SMILES string of the molecule is Cc1noc(C(C)NC(=O)N2CCCC2)n1. The summed E-state index contributed by atoms with van der Waals surface area (Å²) in [5.74, 6) is 1.03. The van der Waals surface area contributed by atoms with E-state index in [9.17, 15) is 4.79 Å². The molecule has 0 bridgehead atoms. The lowest BCUT2D eigenvalue weighted by molar-refractivity contribution is 0.202. The molecule has 1 aliphatic heterocycles. The Morgan fingerprint density at radius 3 is 2.75 bits per heavy atom. The third kappa shape index (κ3) is 2.32. The Labute approximate surface area is 94.0 Å². The highest BCUT2D eigenvalue weighted by molar-refractivity contribution is 5.74. The molecule has 1 N–H and O–H groups in total. The molecule has 1 fully saturated rings. The minimum atomic E-state index is -0.241. The number of likely N-dealkylation sites (tertiary alicyclic amines) is 1. The fourth-order valence-corrected chi connectivity index (χ4v) is 1.75. The number of rotatable bonds is 2. The summed E-state index contributed by atoms with van der Waals surface area (Å²) in [5, 5.41) is 6.53. The van der Waals surface area contributed by atoms with E-state index < -0.39 is 0 Å². The van der Waals surface area contributed by atoms with Gasteiger partial charge in [0.2, 0.25) is 5.89 Å². The molecule has 0 aliphatic carbocycles. The molecule has 6 nitrogen and oxygen atoms in total. The third-order valence-corrected chi connectivity index (χ3v) is 2.65. The summed E-state index contributed by atoms with van der Waals surface area (Å²) in [6.45, 7) is 5.26. The van der Waals surface area contributed by atoms with Gasteiger partial charge in [-0.3, -0.25) is 0 Å². The number of aromatic nitrogens is 2. The lowest BCUT2D eigenvalue weighted by Crippen LogP contribution is -2.39. The first kappa shape index (κ1) is 10.9. The lowest BCUT2D eigenvalue weighted by Gasteiger charge is -2.18. The Morgan fingerprint density at radius 1 is 1.50 bits per heavy atom. The standard InChI is InChI=1S/C10H16N4O2/c1-7(9-12-8(2)13-16-9)11-10(15)14-5-3-4-6-14/h7H,3-6H2,1-2H3,(H,11,15). The second-order valence-electron chi connectivity index (χ2n) is 4.05. The van der Waals surface area contributed by atoms with Gasteiger partial charge in [0.25, 0.3) is 0 Å². The van der Waals surface area contributed by atoms with E-state index in [4.69, 9.17) is 4.52 Å². The molecule has 1 aliphatic rings. The van der Waals surface area contributed by atoms with Crippen molar-refractivity contribution < 1.29 is 9.32 Å². The van der Waals surface area contributed by atoms with E-state index in [-0.39, 0.29) is 12.1 Å². The van der Waals surface area contributed by atoms with Crippen LogP contribution in [0.15, 0.2) is 4.52 Å². The van der Waals surface area contributed by atoms with Crippen molar-refractivity contribution in [1.82, 2.24) is 20.4 Å². The number of carbonyl (C=O) groups excluding carboxylic acids is 1. The summed E-state index contributed by atoms with van der Waals surface area (Å²) in [6, 6.07) is -0.296. The summed E-state index contributed by atoms with van der Waals surface area (Å²) >= 11 is 0. The second-order valence-corrected chi connectivity index (χ2v) is 4.05. The number of nitrogens with one attached hydrogen (secondary N) is 1. The molecule has 2 amide bonds. The highest BCUT2D eigenvalue weighted by atomic mass is 16.5. The lowest BCUT2D eigenvalue weighted by atomic mass is 10.3. The fraction of sp³-hybridized carbons (Fsp3) is 0.700. The van der Waals surface area contributed by atoms with Gasteiger partial charge in [-0.15, -0.1) is 0 Å². The minimum Gasteiger partial charge on any atom is -0.337 e. The molecule has 2 heterocycles. The predicted molar refractivity (Wildman–Crippen MR) is 56.8 cm³/mol. The number of urea groups is 1. The van der Waals surface area contributed by atoms with Crippen LogP contribution in [-0.2, 0) is 0 Å². The quantitative estimate of drug-likeness (QED) is 0.820. The van der Waals surface area contributed by atoms with E-state index in [1.54, 1.807) is 11.8 Å². The minimum absolute atomic E-state index is 0.0548. The topological polar surface area (TPSA) is 71.3 Å². The maximum atomic E-state index is 11.8. The predicted octanol–water partition coefficient (Wildman–Crippen LogP) is 1.24. The maximum absolute atomic E-state index is 11.8. The van der Waals surface area contributed by atoms with Crippen LogP contribution in [0.25, 0.3) is 0 Å². The number of amides is 2. The smallest absolute Gasteiger partial charge is 0.318 e. The largest absolute Gasteiger partial charge is 0.337 e. The molecule has 88 valence electrons. The normalized spacial score (nSPS) is 17.5. The van der Waals surface area contributed by atoms with Crippen LogP contribution in [0.5, 0.6) is 0 Å². The summed E-state index contributed by atoms with van der Waals surface area (Å²) in [5.41, 5.74) is 0. The van der Waals surface area contributed by atoms with Crippen LogP contribution in [0.4, 0.5) is 4.79 Å². The molecule has 1 aromatic heterocycles. The first-order chi connectivity index (χ1) is 7.66. The van der Waals surface area contributed by atoms with Crippen LogP contribution in [0.3, 0.4) is 0 Å². The van der Waals surface area contributed by atoms with Crippen LogP contribution in [-0.4, -0.2) is 34.2 Å². The van der Waals surface area contributed by atoms with Crippen LogP contribution in [0, 0.1) is 6.92 Å². The summed E-state index contributed by atoms with van der Waals surface area (Å²) in [6.07, 6.45) is 2.17. The Kier molecular flexibility index (Phi) is 3.07. The van der Waals surface area contributed by atoms with Crippen molar-refractivity contribution in [1.29, 1.82) is 0 Å². The van der Waals surface area contributed by atoms with Crippen LogP contribution in [0.1, 0.15) is 37.5 Å². The molecule has 0 spiro atoms. The Hall–Kier alpha value is -1.59. The molecule has 1 aromatic rings. The van der Waals surface area contributed by atoms with Crippen molar-refractivity contribution in [2.45, 2.75) is 32.7 Å². The van der Waals surface area contributed by atoms with Gasteiger partial charge in [-0.05, 0) is 26.7 Å². The molecule has 0 aromatic carbocycles. The van der Waals surface area contributed by atoms with E-state index in [1.165, 1.54) is 0 Å². The van der Waals surface area contributed by atoms with Crippen LogP contribution in [0.2, 0.25) is 0 Å². The van der Waals surface area contributed by atoms with Gasteiger partial charge in [0, 0.05) is 13.1 Å². The van der Waals surface area contributed by atoms with Gasteiger partial charge in [-0.25, -0.2) is 4.79 Å². The zero-order valence-electron chi connectivity index (χ0n) is 9.56. The third-order valence-electron chi connectivity index (χ3n) is 2.65. The zero-order chi connectivity index (χ0) is 11.5. The van der Waals surface area contributed by atoms with Crippen molar-refractivity contribution in [3.8, 4) is 0 Å². The molecule has 1 unspecified atom stereocenters. The monoisotopic (exact) mass is 224 g/mol. The number of hydrogen-bond acceptors (Lipinski definition) is 4. The molecule has 16 heavy (non-hydrogen) atoms. The van der Waals surface area contributed by atoms with Crippen molar-refractivity contribution in [3.63, 3.8) is 0 Å². The molecular formula is C10H16N4O2. The van der Waals surface area contributed by atoms with Crippen molar-refractivity contribution >= 4 is 6.03 Å². The van der Waals surface area contributed by atoms with Gasteiger partial charge in [0.1, 0.15) is 6.04 Å². The van der Waals surface area contributed by atoms with Gasteiger partial charge in [0.05, 0.1) is 0 Å². The summed E-state index contributed by atoms with van der Waals surface area (Å²) in [4.78, 5) is 17.6. The average Bonchev–Trinajstić information content (AvgIpc) is 2.87. The number of carbonyl (C=O) groups is 1. The Bertz CT molecular complexity index is 371. The van der Waals surface area contributed by atoms with E-state index in [0.29, 0.717) is 11.7 Å². The number of hydrogen-bond donors (Lipinski definition) is 1. The highest BCUT2D eigenvalue weighted by Gasteiger charge is 2.21. The first-order valence-electron chi connectivity index (χ1n) is 5.52. The zero-order valence-corrected chi connectivity index (χ0v) is 9.56. The molecular weight excluding hydrogens is 208 g/mol. The van der Waals surface area contributed by atoms with Crippen LogP contribution >= 0.6 is 0 Å². The van der Waals surface area contributed by atoms with Gasteiger partial charge in [-0.2, -0.15) is 4.98 Å². The average molecular weight is 224 g/mol. The Balaban J connectivity index is 1.91. The van der Waals surface area contributed by atoms with Crippen molar-refractivity contribution in [3.05, 3.63) is 11.7 Å². The number of nitrogens with zero attached hydrogens (tertiary/aromatic N) is 3. The number of aryl methyl sites for hydroxylation is 1. The van der Waals surface area contributed by atoms with Gasteiger partial charge in [0.15, 0.2) is 5.82 Å². The molecule has 0 radical (unpaired) electrons. The molecule has 0 saturated carbocycles. The highest BCUT2D eigenvalue weighted by Crippen LogP contribution is 2.12. The summed E-state index contributed by atoms with van der Waals surface area (Å²) < 4.78 is 5.00.